The van der Waals surface area contributed by atoms with Gasteiger partial charge in [-0.2, -0.15) is 8.42 Å². The molecular weight excluding hydrogens is 310 g/mol. The second-order valence-electron chi connectivity index (χ2n) is 5.31. The summed E-state index contributed by atoms with van der Waals surface area (Å²) < 4.78 is 29.6. The predicted octanol–water partition coefficient (Wildman–Crippen LogP) is 3.29. The number of anilines is 1. The maximum Gasteiger partial charge on any atom is 0.279 e. The average Bonchev–Trinajstić information content (AvgIpc) is 3.04. The highest BCUT2D eigenvalue weighted by Crippen LogP contribution is 2.22. The molecule has 1 aromatic carbocycles. The second kappa shape index (κ2) is 5.89. The van der Waals surface area contributed by atoms with Crippen molar-refractivity contribution in [3.63, 3.8) is 0 Å². The fraction of sp³-hybridized carbons (Fsp3) is 0.118. The standard InChI is InChI=1S/C17H17N3O2S/c1-13-8-9-15(20-10-3-4-11-20)12-16(13)19-23(21,22)17-7-5-6-14(2)18-17/h3-12,19H,1-2H3. The molecule has 118 valence electrons. The molecule has 0 radical (unpaired) electrons. The smallest absolute Gasteiger partial charge is 0.279 e. The molecule has 0 atom stereocenters. The number of aromatic nitrogens is 2. The molecule has 2 aromatic heterocycles. The van der Waals surface area contributed by atoms with Gasteiger partial charge in [-0.15, -0.1) is 0 Å². The first-order chi connectivity index (χ1) is 11.0. The van der Waals surface area contributed by atoms with Crippen LogP contribution in [0.5, 0.6) is 0 Å². The molecule has 0 saturated carbocycles. The topological polar surface area (TPSA) is 64.0 Å². The third-order valence-electron chi connectivity index (χ3n) is 3.51. The van der Waals surface area contributed by atoms with Gasteiger partial charge in [-0.3, -0.25) is 4.72 Å². The van der Waals surface area contributed by atoms with Gasteiger partial charge >= 0.3 is 0 Å². The molecule has 3 aromatic rings. The normalized spacial score (nSPS) is 11.4. The van der Waals surface area contributed by atoms with Gasteiger partial charge in [0.25, 0.3) is 10.0 Å². The van der Waals surface area contributed by atoms with E-state index in [-0.39, 0.29) is 5.03 Å². The van der Waals surface area contributed by atoms with Crippen LogP contribution >= 0.6 is 0 Å². The zero-order valence-corrected chi connectivity index (χ0v) is 13.7. The van der Waals surface area contributed by atoms with E-state index >= 15 is 0 Å². The van der Waals surface area contributed by atoms with Crippen molar-refractivity contribution in [3.8, 4) is 5.69 Å². The average molecular weight is 327 g/mol. The van der Waals surface area contributed by atoms with Crippen molar-refractivity contribution in [3.05, 3.63) is 72.2 Å². The number of aryl methyl sites for hydroxylation is 2. The molecule has 0 saturated heterocycles. The van der Waals surface area contributed by atoms with Crippen molar-refractivity contribution in [2.45, 2.75) is 18.9 Å². The summed E-state index contributed by atoms with van der Waals surface area (Å²) in [6.45, 7) is 3.62. The molecule has 3 rings (SSSR count). The zero-order chi connectivity index (χ0) is 16.4. The van der Waals surface area contributed by atoms with Crippen molar-refractivity contribution in [2.75, 3.05) is 4.72 Å². The fourth-order valence-electron chi connectivity index (χ4n) is 2.25. The minimum absolute atomic E-state index is 0.0169. The summed E-state index contributed by atoms with van der Waals surface area (Å²) >= 11 is 0. The van der Waals surface area contributed by atoms with E-state index in [1.165, 1.54) is 6.07 Å². The Morgan fingerprint density at radius 1 is 1.00 bits per heavy atom. The molecule has 0 unspecified atom stereocenters. The van der Waals surface area contributed by atoms with E-state index in [1.807, 2.05) is 54.2 Å². The van der Waals surface area contributed by atoms with E-state index < -0.39 is 10.0 Å². The van der Waals surface area contributed by atoms with Crippen LogP contribution < -0.4 is 4.72 Å². The third-order valence-corrected chi connectivity index (χ3v) is 4.77. The Morgan fingerprint density at radius 3 is 2.43 bits per heavy atom. The van der Waals surface area contributed by atoms with E-state index in [4.69, 9.17) is 0 Å². The molecule has 6 heteroatoms. The van der Waals surface area contributed by atoms with Crippen LogP contribution in [0.15, 0.2) is 66.0 Å². The highest BCUT2D eigenvalue weighted by Gasteiger charge is 2.17. The van der Waals surface area contributed by atoms with Gasteiger partial charge in [0.1, 0.15) is 0 Å². The summed E-state index contributed by atoms with van der Waals surface area (Å²) in [4.78, 5) is 4.09. The number of rotatable bonds is 4. The molecule has 2 heterocycles. The lowest BCUT2D eigenvalue weighted by atomic mass is 10.2. The van der Waals surface area contributed by atoms with Crippen molar-refractivity contribution in [2.24, 2.45) is 0 Å². The minimum Gasteiger partial charge on any atom is -0.324 e. The second-order valence-corrected chi connectivity index (χ2v) is 6.94. The lowest BCUT2D eigenvalue weighted by Crippen LogP contribution is -2.15. The summed E-state index contributed by atoms with van der Waals surface area (Å²) in [6, 6.07) is 14.4. The third kappa shape index (κ3) is 3.27. The molecule has 0 bridgehead atoms. The van der Waals surface area contributed by atoms with Crippen LogP contribution in [0.1, 0.15) is 11.3 Å². The van der Waals surface area contributed by atoms with Crippen LogP contribution in [0.3, 0.4) is 0 Å². The summed E-state index contributed by atoms with van der Waals surface area (Å²) in [5.74, 6) is 0. The minimum atomic E-state index is -3.71. The van der Waals surface area contributed by atoms with Gasteiger partial charge in [0, 0.05) is 23.8 Å². The van der Waals surface area contributed by atoms with E-state index in [1.54, 1.807) is 19.1 Å². The van der Waals surface area contributed by atoms with Crippen molar-refractivity contribution >= 4 is 15.7 Å². The van der Waals surface area contributed by atoms with Gasteiger partial charge in [-0.25, -0.2) is 4.98 Å². The summed E-state index contributed by atoms with van der Waals surface area (Å²) in [6.07, 6.45) is 3.82. The van der Waals surface area contributed by atoms with Gasteiger partial charge in [0.15, 0.2) is 5.03 Å². The van der Waals surface area contributed by atoms with Crippen LogP contribution in [-0.2, 0) is 10.0 Å². The molecule has 0 aliphatic carbocycles. The van der Waals surface area contributed by atoms with Gasteiger partial charge in [0.05, 0.1) is 5.69 Å². The van der Waals surface area contributed by atoms with Crippen molar-refractivity contribution in [1.29, 1.82) is 0 Å². The molecule has 1 N–H and O–H groups in total. The number of benzene rings is 1. The van der Waals surface area contributed by atoms with Gasteiger partial charge in [-0.05, 0) is 55.8 Å². The molecule has 0 aliphatic heterocycles. The van der Waals surface area contributed by atoms with Gasteiger partial charge in [-0.1, -0.05) is 12.1 Å². The van der Waals surface area contributed by atoms with Crippen LogP contribution in [0.2, 0.25) is 0 Å². The number of hydrogen-bond donors (Lipinski definition) is 1. The van der Waals surface area contributed by atoms with E-state index in [2.05, 4.69) is 9.71 Å². The SMILES string of the molecule is Cc1cccc(S(=O)(=O)Nc2cc(-n3cccc3)ccc2C)n1. The highest BCUT2D eigenvalue weighted by molar-refractivity contribution is 7.92. The van der Waals surface area contributed by atoms with Crippen molar-refractivity contribution in [1.82, 2.24) is 9.55 Å². The lowest BCUT2D eigenvalue weighted by molar-refractivity contribution is 0.597. The number of nitrogens with one attached hydrogen (secondary N) is 1. The molecule has 23 heavy (non-hydrogen) atoms. The first-order valence-electron chi connectivity index (χ1n) is 7.16. The molecule has 5 nitrogen and oxygen atoms in total. The largest absolute Gasteiger partial charge is 0.324 e. The van der Waals surface area contributed by atoms with Crippen LogP contribution in [-0.4, -0.2) is 18.0 Å². The predicted molar refractivity (Wildman–Crippen MR) is 90.3 cm³/mol. The molecule has 0 amide bonds. The van der Waals surface area contributed by atoms with E-state index in [0.29, 0.717) is 11.4 Å². The quantitative estimate of drug-likeness (QED) is 0.800. The Hall–Kier alpha value is -2.60. The summed E-state index contributed by atoms with van der Waals surface area (Å²) in [5.41, 5.74) is 2.93. The fourth-order valence-corrected chi connectivity index (χ4v) is 3.39. The molecular formula is C17H17N3O2S. The van der Waals surface area contributed by atoms with Gasteiger partial charge < -0.3 is 4.57 Å². The zero-order valence-electron chi connectivity index (χ0n) is 12.9. The van der Waals surface area contributed by atoms with Crippen LogP contribution in [0.25, 0.3) is 5.69 Å². The molecule has 0 fully saturated rings. The monoisotopic (exact) mass is 327 g/mol. The molecule has 0 aliphatic rings. The first kappa shape index (κ1) is 15.3. The van der Waals surface area contributed by atoms with Gasteiger partial charge in [0.2, 0.25) is 0 Å². The van der Waals surface area contributed by atoms with Crippen LogP contribution in [0, 0.1) is 13.8 Å². The Labute approximate surface area is 135 Å². The lowest BCUT2D eigenvalue weighted by Gasteiger charge is -2.12. The highest BCUT2D eigenvalue weighted by atomic mass is 32.2. The summed E-state index contributed by atoms with van der Waals surface area (Å²) in [5, 5.41) is 0.0169. The molecule has 0 spiro atoms. The van der Waals surface area contributed by atoms with E-state index in [9.17, 15) is 8.42 Å². The Morgan fingerprint density at radius 2 is 1.74 bits per heavy atom. The van der Waals surface area contributed by atoms with E-state index in [0.717, 1.165) is 11.3 Å². The Kier molecular flexibility index (Phi) is 3.92. The van der Waals surface area contributed by atoms with Crippen molar-refractivity contribution < 1.29 is 8.42 Å². The maximum absolute atomic E-state index is 12.5. The first-order valence-corrected chi connectivity index (χ1v) is 8.64. The number of sulfonamides is 1. The Balaban J connectivity index is 1.98. The summed E-state index contributed by atoms with van der Waals surface area (Å²) in [7, 11) is -3.71. The number of pyridine rings is 1. The number of hydrogen-bond acceptors (Lipinski definition) is 3. The van der Waals surface area contributed by atoms with Crippen LogP contribution in [0.4, 0.5) is 5.69 Å². The number of nitrogens with zero attached hydrogens (tertiary/aromatic N) is 2. The Bertz CT molecular complexity index is 932. The maximum atomic E-state index is 12.5.